The van der Waals surface area contributed by atoms with Crippen molar-refractivity contribution in [3.05, 3.63) is 0 Å². The summed E-state index contributed by atoms with van der Waals surface area (Å²) in [5.74, 6) is -1.42. The van der Waals surface area contributed by atoms with Crippen LogP contribution >= 0.6 is 0 Å². The van der Waals surface area contributed by atoms with Crippen molar-refractivity contribution in [2.45, 2.75) is 26.2 Å². The van der Waals surface area contributed by atoms with Gasteiger partial charge >= 0.3 is 5.97 Å². The number of nitrogens with one attached hydrogen (secondary N) is 1. The van der Waals surface area contributed by atoms with Gasteiger partial charge in [-0.25, -0.2) is 13.1 Å². The number of carboxylic acids is 1. The van der Waals surface area contributed by atoms with E-state index in [1.807, 2.05) is 0 Å². The zero-order chi connectivity index (χ0) is 13.6. The topological polar surface area (TPSA) is 92.7 Å². The molecule has 1 aliphatic rings. The number of hydrogen-bond acceptors (Lipinski definition) is 4. The van der Waals surface area contributed by atoms with Gasteiger partial charge in [-0.2, -0.15) is 0 Å². The molecule has 106 valence electrons. The molecule has 1 fully saturated rings. The lowest BCUT2D eigenvalue weighted by atomic mass is 9.97. The molecular weight excluding hydrogens is 258 g/mol. The summed E-state index contributed by atoms with van der Waals surface area (Å²) in [6, 6.07) is 0. The molecule has 0 heterocycles. The van der Waals surface area contributed by atoms with Gasteiger partial charge in [0.05, 0.1) is 18.3 Å². The Labute approximate surface area is 108 Å². The Bertz CT molecular complexity index is 368. The van der Waals surface area contributed by atoms with E-state index in [1.165, 1.54) is 0 Å². The van der Waals surface area contributed by atoms with Crippen molar-refractivity contribution >= 4 is 16.0 Å². The second-order valence-corrected chi connectivity index (χ2v) is 6.43. The average Bonchev–Trinajstić information content (AvgIpc) is 2.75. The van der Waals surface area contributed by atoms with Crippen molar-refractivity contribution in [1.82, 2.24) is 4.72 Å². The Morgan fingerprint density at radius 2 is 2.17 bits per heavy atom. The van der Waals surface area contributed by atoms with Crippen LogP contribution in [0.2, 0.25) is 0 Å². The van der Waals surface area contributed by atoms with Crippen LogP contribution in [0.25, 0.3) is 0 Å². The Balaban J connectivity index is 2.37. The molecule has 1 rings (SSSR count). The van der Waals surface area contributed by atoms with Crippen molar-refractivity contribution in [2.75, 3.05) is 25.5 Å². The number of aliphatic carboxylic acids is 1. The monoisotopic (exact) mass is 279 g/mol. The lowest BCUT2D eigenvalue weighted by molar-refractivity contribution is -0.142. The van der Waals surface area contributed by atoms with E-state index in [0.717, 1.165) is 12.8 Å². The maximum atomic E-state index is 11.6. The van der Waals surface area contributed by atoms with E-state index in [1.54, 1.807) is 6.92 Å². The molecule has 0 saturated heterocycles. The standard InChI is InChI=1S/C11H21NO5S/c1-2-17-6-7-18(15,16)12-8-9-4-3-5-10(9)11(13)14/h9-10,12H,2-8H2,1H3,(H,13,14). The van der Waals surface area contributed by atoms with E-state index >= 15 is 0 Å². The van der Waals surface area contributed by atoms with Gasteiger partial charge in [-0.05, 0) is 25.7 Å². The first kappa shape index (κ1) is 15.4. The van der Waals surface area contributed by atoms with Crippen LogP contribution in [0.3, 0.4) is 0 Å². The summed E-state index contributed by atoms with van der Waals surface area (Å²) in [5, 5.41) is 8.99. The predicted octanol–water partition coefficient (Wildman–Crippen LogP) is 0.443. The molecule has 0 bridgehead atoms. The van der Waals surface area contributed by atoms with Crippen LogP contribution in [0.4, 0.5) is 0 Å². The largest absolute Gasteiger partial charge is 0.481 e. The quantitative estimate of drug-likeness (QED) is 0.629. The van der Waals surface area contributed by atoms with E-state index in [9.17, 15) is 13.2 Å². The zero-order valence-corrected chi connectivity index (χ0v) is 11.4. The minimum atomic E-state index is -3.36. The fourth-order valence-electron chi connectivity index (χ4n) is 2.23. The highest BCUT2D eigenvalue weighted by Gasteiger charge is 2.33. The summed E-state index contributed by atoms with van der Waals surface area (Å²) >= 11 is 0. The molecule has 0 spiro atoms. The van der Waals surface area contributed by atoms with Gasteiger partial charge in [0, 0.05) is 13.2 Å². The first-order chi connectivity index (χ1) is 8.46. The highest BCUT2D eigenvalue weighted by Crippen LogP contribution is 2.31. The summed E-state index contributed by atoms with van der Waals surface area (Å²) in [6.07, 6.45) is 2.26. The molecule has 6 nitrogen and oxygen atoms in total. The van der Waals surface area contributed by atoms with E-state index in [2.05, 4.69) is 4.72 Å². The van der Waals surface area contributed by atoms with Crippen LogP contribution in [-0.4, -0.2) is 45.0 Å². The third kappa shape index (κ3) is 4.91. The summed E-state index contributed by atoms with van der Waals surface area (Å²) < 4.78 is 30.7. The predicted molar refractivity (Wildman–Crippen MR) is 66.7 cm³/mol. The molecule has 2 unspecified atom stereocenters. The second kappa shape index (κ2) is 7.06. The van der Waals surface area contributed by atoms with Crippen LogP contribution in [-0.2, 0) is 19.6 Å². The summed E-state index contributed by atoms with van der Waals surface area (Å²) in [7, 11) is -3.36. The summed E-state index contributed by atoms with van der Waals surface area (Å²) in [6.45, 7) is 2.67. The maximum Gasteiger partial charge on any atom is 0.306 e. The molecular formula is C11H21NO5S. The maximum absolute atomic E-state index is 11.6. The lowest BCUT2D eigenvalue weighted by Gasteiger charge is -2.16. The van der Waals surface area contributed by atoms with Crippen LogP contribution in [0.5, 0.6) is 0 Å². The van der Waals surface area contributed by atoms with Gasteiger partial charge in [-0.15, -0.1) is 0 Å². The Morgan fingerprint density at radius 3 is 2.78 bits per heavy atom. The minimum Gasteiger partial charge on any atom is -0.481 e. The van der Waals surface area contributed by atoms with Gasteiger partial charge in [-0.3, -0.25) is 4.79 Å². The Morgan fingerprint density at radius 1 is 1.44 bits per heavy atom. The third-order valence-corrected chi connectivity index (χ3v) is 4.55. The van der Waals surface area contributed by atoms with Crippen molar-refractivity contribution in [3.63, 3.8) is 0 Å². The number of sulfonamides is 1. The second-order valence-electron chi connectivity index (χ2n) is 4.50. The fraction of sp³-hybridized carbons (Fsp3) is 0.909. The van der Waals surface area contributed by atoms with Crippen molar-refractivity contribution in [3.8, 4) is 0 Å². The SMILES string of the molecule is CCOCCS(=O)(=O)NCC1CCCC1C(=O)O. The fourth-order valence-corrected chi connectivity index (χ4v) is 3.18. The highest BCUT2D eigenvalue weighted by atomic mass is 32.2. The van der Waals surface area contributed by atoms with Crippen molar-refractivity contribution < 1.29 is 23.1 Å². The first-order valence-electron chi connectivity index (χ1n) is 6.24. The number of carbonyl (C=O) groups is 1. The van der Waals surface area contributed by atoms with Gasteiger partial charge in [0.2, 0.25) is 10.0 Å². The molecule has 0 aromatic carbocycles. The van der Waals surface area contributed by atoms with E-state index in [-0.39, 0.29) is 24.8 Å². The molecule has 0 aromatic rings. The average molecular weight is 279 g/mol. The molecule has 0 radical (unpaired) electrons. The van der Waals surface area contributed by atoms with E-state index < -0.39 is 21.9 Å². The zero-order valence-electron chi connectivity index (χ0n) is 10.6. The molecule has 1 aliphatic carbocycles. The van der Waals surface area contributed by atoms with Gasteiger partial charge in [0.15, 0.2) is 0 Å². The van der Waals surface area contributed by atoms with Crippen LogP contribution in [0.15, 0.2) is 0 Å². The van der Waals surface area contributed by atoms with E-state index in [4.69, 9.17) is 9.84 Å². The van der Waals surface area contributed by atoms with Crippen molar-refractivity contribution in [1.29, 1.82) is 0 Å². The number of ether oxygens (including phenoxy) is 1. The van der Waals surface area contributed by atoms with E-state index in [0.29, 0.717) is 13.0 Å². The molecule has 0 aliphatic heterocycles. The van der Waals surface area contributed by atoms with Crippen LogP contribution in [0, 0.1) is 11.8 Å². The number of carboxylic acid groups (broad SMARTS) is 1. The van der Waals surface area contributed by atoms with Crippen LogP contribution in [0.1, 0.15) is 26.2 Å². The minimum absolute atomic E-state index is 0.0781. The Kier molecular flexibility index (Phi) is 6.04. The van der Waals surface area contributed by atoms with Crippen molar-refractivity contribution in [2.24, 2.45) is 11.8 Å². The molecule has 18 heavy (non-hydrogen) atoms. The van der Waals surface area contributed by atoms with Gasteiger partial charge in [0.1, 0.15) is 0 Å². The summed E-state index contributed by atoms with van der Waals surface area (Å²) in [4.78, 5) is 11.0. The molecule has 0 amide bonds. The van der Waals surface area contributed by atoms with Crippen LogP contribution < -0.4 is 4.72 Å². The number of hydrogen-bond donors (Lipinski definition) is 2. The smallest absolute Gasteiger partial charge is 0.306 e. The first-order valence-corrected chi connectivity index (χ1v) is 7.89. The van der Waals surface area contributed by atoms with Gasteiger partial charge in [-0.1, -0.05) is 6.42 Å². The normalized spacial score (nSPS) is 24.3. The summed E-state index contributed by atoms with van der Waals surface area (Å²) in [5.41, 5.74) is 0. The lowest BCUT2D eigenvalue weighted by Crippen LogP contribution is -2.35. The molecule has 1 saturated carbocycles. The Hall–Kier alpha value is -0.660. The molecule has 0 aromatic heterocycles. The van der Waals surface area contributed by atoms with Gasteiger partial charge in [0.25, 0.3) is 0 Å². The third-order valence-electron chi connectivity index (χ3n) is 3.24. The molecule has 2 atom stereocenters. The number of rotatable bonds is 8. The molecule has 7 heteroatoms. The molecule has 2 N–H and O–H groups in total. The van der Waals surface area contributed by atoms with Gasteiger partial charge < -0.3 is 9.84 Å². The highest BCUT2D eigenvalue weighted by molar-refractivity contribution is 7.89.